The van der Waals surface area contributed by atoms with Crippen LogP contribution in [0.3, 0.4) is 0 Å². The Balaban J connectivity index is 2.94. The first-order chi connectivity index (χ1) is 8.94. The van der Waals surface area contributed by atoms with Crippen LogP contribution >= 0.6 is 0 Å². The molecule has 0 heterocycles. The lowest BCUT2D eigenvalue weighted by Crippen LogP contribution is -2.42. The van der Waals surface area contributed by atoms with E-state index in [1.54, 1.807) is 13.2 Å². The van der Waals surface area contributed by atoms with Gasteiger partial charge in [-0.1, -0.05) is 19.9 Å². The topological polar surface area (TPSA) is 47.6 Å². The molecule has 4 heteroatoms. The predicted octanol–water partition coefficient (Wildman–Crippen LogP) is 2.86. The molecular weight excluding hydrogens is 242 g/mol. The largest absolute Gasteiger partial charge is 0.497 e. The molecule has 0 amide bonds. The zero-order chi connectivity index (χ0) is 14.5. The van der Waals surface area contributed by atoms with E-state index in [-0.39, 0.29) is 5.97 Å². The van der Waals surface area contributed by atoms with Crippen molar-refractivity contribution in [2.24, 2.45) is 5.41 Å². The lowest BCUT2D eigenvalue weighted by atomic mass is 9.84. The second-order valence-corrected chi connectivity index (χ2v) is 4.85. The maximum absolute atomic E-state index is 11.9. The summed E-state index contributed by atoms with van der Waals surface area (Å²) in [5.41, 5.74) is 0.402. The predicted molar refractivity (Wildman–Crippen MR) is 76.4 cm³/mol. The van der Waals surface area contributed by atoms with Gasteiger partial charge in [-0.2, -0.15) is 0 Å². The normalized spacial score (nSPS) is 12.4. The number of carbonyl (C=O) groups excluding carboxylic acids is 1. The number of carbonyl (C=O) groups is 1. The minimum Gasteiger partial charge on any atom is -0.497 e. The lowest BCUT2D eigenvalue weighted by Gasteiger charge is -2.30. The molecule has 1 N–H and O–H groups in total. The summed E-state index contributed by atoms with van der Waals surface area (Å²) in [4.78, 5) is 11.9. The van der Waals surface area contributed by atoms with Crippen molar-refractivity contribution in [2.45, 2.75) is 19.9 Å². The molecule has 0 aromatic heterocycles. The summed E-state index contributed by atoms with van der Waals surface area (Å²) in [6.07, 6.45) is 1.74. The summed E-state index contributed by atoms with van der Waals surface area (Å²) in [5, 5.41) is 3.17. The van der Waals surface area contributed by atoms with Gasteiger partial charge in [-0.15, -0.1) is 6.58 Å². The first kappa shape index (κ1) is 15.1. The number of hydrogen-bond donors (Lipinski definition) is 1. The Bertz CT molecular complexity index is 437. The number of benzene rings is 1. The Morgan fingerprint density at radius 3 is 2.32 bits per heavy atom. The van der Waals surface area contributed by atoms with E-state index in [9.17, 15) is 4.79 Å². The molecule has 0 saturated carbocycles. The third-order valence-corrected chi connectivity index (χ3v) is 3.11. The second kappa shape index (κ2) is 6.27. The second-order valence-electron chi connectivity index (χ2n) is 4.85. The molecule has 1 atom stereocenters. The van der Waals surface area contributed by atoms with Crippen LogP contribution in [-0.2, 0) is 9.53 Å². The zero-order valence-corrected chi connectivity index (χ0v) is 11.9. The molecule has 0 aliphatic carbocycles. The molecule has 0 spiro atoms. The van der Waals surface area contributed by atoms with Crippen molar-refractivity contribution >= 4 is 11.7 Å². The van der Waals surface area contributed by atoms with E-state index in [4.69, 9.17) is 9.47 Å². The van der Waals surface area contributed by atoms with Crippen LogP contribution in [0.4, 0.5) is 5.69 Å². The quantitative estimate of drug-likeness (QED) is 0.633. The van der Waals surface area contributed by atoms with Crippen LogP contribution in [-0.4, -0.2) is 26.2 Å². The maximum Gasteiger partial charge on any atom is 0.329 e. The number of ether oxygens (including phenoxy) is 2. The van der Waals surface area contributed by atoms with Crippen molar-refractivity contribution in [1.29, 1.82) is 0 Å². The highest BCUT2D eigenvalue weighted by Gasteiger charge is 2.33. The Labute approximate surface area is 114 Å². The fraction of sp³-hybridized carbons (Fsp3) is 0.400. The molecule has 1 rings (SSSR count). The Morgan fingerprint density at radius 1 is 1.32 bits per heavy atom. The van der Waals surface area contributed by atoms with Crippen molar-refractivity contribution < 1.29 is 14.3 Å². The average Bonchev–Trinajstić information content (AvgIpc) is 2.44. The van der Waals surface area contributed by atoms with E-state index >= 15 is 0 Å². The van der Waals surface area contributed by atoms with Gasteiger partial charge in [-0.3, -0.25) is 0 Å². The summed E-state index contributed by atoms with van der Waals surface area (Å²) in [7, 11) is 2.99. The van der Waals surface area contributed by atoms with Gasteiger partial charge in [0.05, 0.1) is 14.2 Å². The van der Waals surface area contributed by atoms with Crippen LogP contribution in [0.2, 0.25) is 0 Å². The van der Waals surface area contributed by atoms with Crippen LogP contribution in [0, 0.1) is 5.41 Å². The molecule has 0 bridgehead atoms. The van der Waals surface area contributed by atoms with E-state index in [2.05, 4.69) is 11.9 Å². The maximum atomic E-state index is 11.9. The fourth-order valence-electron chi connectivity index (χ4n) is 1.64. The zero-order valence-electron chi connectivity index (χ0n) is 11.9. The molecule has 0 aliphatic heterocycles. The van der Waals surface area contributed by atoms with Gasteiger partial charge in [0.25, 0.3) is 0 Å². The molecule has 1 aromatic carbocycles. The highest BCUT2D eigenvalue weighted by molar-refractivity contribution is 5.80. The lowest BCUT2D eigenvalue weighted by molar-refractivity contribution is -0.143. The van der Waals surface area contributed by atoms with Gasteiger partial charge in [-0.05, 0) is 24.3 Å². The molecule has 104 valence electrons. The molecule has 19 heavy (non-hydrogen) atoms. The number of anilines is 1. The number of hydrogen-bond acceptors (Lipinski definition) is 4. The Kier molecular flexibility index (Phi) is 4.98. The molecule has 4 nitrogen and oxygen atoms in total. The fourth-order valence-corrected chi connectivity index (χ4v) is 1.64. The van der Waals surface area contributed by atoms with Gasteiger partial charge in [-0.25, -0.2) is 4.79 Å². The van der Waals surface area contributed by atoms with Crippen LogP contribution in [0.1, 0.15) is 13.8 Å². The number of esters is 1. The van der Waals surface area contributed by atoms with Crippen LogP contribution < -0.4 is 10.1 Å². The van der Waals surface area contributed by atoms with E-state index in [0.29, 0.717) is 0 Å². The SMILES string of the molecule is C=CC(C)(C)[C@H](Nc1ccc(OC)cc1)C(=O)OC. The molecule has 0 fully saturated rings. The highest BCUT2D eigenvalue weighted by Crippen LogP contribution is 2.27. The Morgan fingerprint density at radius 2 is 1.89 bits per heavy atom. The Hall–Kier alpha value is -1.97. The van der Waals surface area contributed by atoms with Crippen molar-refractivity contribution in [2.75, 3.05) is 19.5 Å². The van der Waals surface area contributed by atoms with Crippen molar-refractivity contribution in [1.82, 2.24) is 0 Å². The van der Waals surface area contributed by atoms with Crippen LogP contribution in [0.15, 0.2) is 36.9 Å². The number of rotatable bonds is 6. The standard InChI is InChI=1S/C15H21NO3/c1-6-15(2,3)13(14(17)19-5)16-11-7-9-12(18-4)10-8-11/h6-10,13,16H,1H2,2-5H3/t13-/m1/s1. The number of nitrogens with one attached hydrogen (secondary N) is 1. The van der Waals surface area contributed by atoms with E-state index in [1.807, 2.05) is 38.1 Å². The summed E-state index contributed by atoms with van der Waals surface area (Å²) in [6, 6.07) is 6.88. The summed E-state index contributed by atoms with van der Waals surface area (Å²) in [5.74, 6) is 0.448. The summed E-state index contributed by atoms with van der Waals surface area (Å²) >= 11 is 0. The van der Waals surface area contributed by atoms with Crippen molar-refractivity contribution in [3.05, 3.63) is 36.9 Å². The minimum absolute atomic E-state index is 0.319. The minimum atomic E-state index is -0.497. The number of methoxy groups -OCH3 is 2. The first-order valence-corrected chi connectivity index (χ1v) is 6.06. The van der Waals surface area contributed by atoms with Gasteiger partial charge < -0.3 is 14.8 Å². The van der Waals surface area contributed by atoms with E-state index in [0.717, 1.165) is 11.4 Å². The van der Waals surface area contributed by atoms with E-state index in [1.165, 1.54) is 7.11 Å². The smallest absolute Gasteiger partial charge is 0.329 e. The molecule has 0 aliphatic rings. The molecule has 0 saturated heterocycles. The summed E-state index contributed by atoms with van der Waals surface area (Å²) < 4.78 is 9.94. The third-order valence-electron chi connectivity index (χ3n) is 3.11. The van der Waals surface area contributed by atoms with Crippen molar-refractivity contribution in [3.8, 4) is 5.75 Å². The van der Waals surface area contributed by atoms with E-state index < -0.39 is 11.5 Å². The third kappa shape index (κ3) is 3.74. The van der Waals surface area contributed by atoms with Gasteiger partial charge in [0.1, 0.15) is 11.8 Å². The van der Waals surface area contributed by atoms with Crippen LogP contribution in [0.25, 0.3) is 0 Å². The van der Waals surface area contributed by atoms with Crippen molar-refractivity contribution in [3.63, 3.8) is 0 Å². The van der Waals surface area contributed by atoms with Crippen LogP contribution in [0.5, 0.6) is 5.75 Å². The summed E-state index contributed by atoms with van der Waals surface area (Å²) in [6.45, 7) is 7.63. The molecule has 0 unspecified atom stereocenters. The molecule has 1 aromatic rings. The highest BCUT2D eigenvalue weighted by atomic mass is 16.5. The molecular formula is C15H21NO3. The molecule has 0 radical (unpaired) electrons. The van der Waals surface area contributed by atoms with Gasteiger partial charge in [0.2, 0.25) is 0 Å². The van der Waals surface area contributed by atoms with Gasteiger partial charge in [0.15, 0.2) is 0 Å². The first-order valence-electron chi connectivity index (χ1n) is 6.06. The van der Waals surface area contributed by atoms with Gasteiger partial charge in [0, 0.05) is 11.1 Å². The monoisotopic (exact) mass is 263 g/mol. The van der Waals surface area contributed by atoms with Gasteiger partial charge >= 0.3 is 5.97 Å². The average molecular weight is 263 g/mol.